The van der Waals surface area contributed by atoms with Gasteiger partial charge in [0.2, 0.25) is 20.0 Å². The Kier molecular flexibility index (Phi) is 4.68. The number of halogens is 1. The number of hydrogen-bond acceptors (Lipinski definition) is 6. The standard InChI is InChI=1S/C9H11FN2O6S2/c1-18-9(13)5-19(14,15)12-7-4-6(10)2-3-8(7)20(11,16)17/h2-4,12H,5H2,1H3,(H2,11,16,17). The van der Waals surface area contributed by atoms with Crippen LogP contribution >= 0.6 is 0 Å². The first kappa shape index (κ1) is 16.3. The summed E-state index contributed by atoms with van der Waals surface area (Å²) >= 11 is 0. The number of anilines is 1. The summed E-state index contributed by atoms with van der Waals surface area (Å²) in [7, 11) is -7.54. The first-order valence-electron chi connectivity index (χ1n) is 4.95. The topological polar surface area (TPSA) is 133 Å². The average molecular weight is 326 g/mol. The average Bonchev–Trinajstić information content (AvgIpc) is 2.25. The highest BCUT2D eigenvalue weighted by atomic mass is 32.2. The maximum absolute atomic E-state index is 13.1. The Morgan fingerprint density at radius 3 is 2.45 bits per heavy atom. The van der Waals surface area contributed by atoms with E-state index in [0.29, 0.717) is 6.07 Å². The maximum Gasteiger partial charge on any atom is 0.322 e. The molecular formula is C9H11FN2O6S2. The van der Waals surface area contributed by atoms with Gasteiger partial charge in [-0.25, -0.2) is 26.4 Å². The predicted octanol–water partition coefficient (Wildman–Crippen LogP) is -0.612. The van der Waals surface area contributed by atoms with Crippen molar-refractivity contribution < 1.29 is 30.8 Å². The molecule has 8 nitrogen and oxygen atoms in total. The summed E-state index contributed by atoms with van der Waals surface area (Å²) in [5, 5.41) is 4.88. The zero-order valence-electron chi connectivity index (χ0n) is 10.2. The lowest BCUT2D eigenvalue weighted by Gasteiger charge is -2.10. The minimum absolute atomic E-state index is 0.587. The molecule has 1 rings (SSSR count). The van der Waals surface area contributed by atoms with Crippen LogP contribution in [0.3, 0.4) is 0 Å². The summed E-state index contributed by atoms with van der Waals surface area (Å²) in [6, 6.07) is 2.24. The predicted molar refractivity (Wildman–Crippen MR) is 67.2 cm³/mol. The van der Waals surface area contributed by atoms with Crippen molar-refractivity contribution in [1.29, 1.82) is 0 Å². The van der Waals surface area contributed by atoms with Crippen molar-refractivity contribution in [2.45, 2.75) is 4.90 Å². The summed E-state index contributed by atoms with van der Waals surface area (Å²) in [5.41, 5.74) is -0.587. The number of primary sulfonamides is 1. The largest absolute Gasteiger partial charge is 0.468 e. The van der Waals surface area contributed by atoms with Gasteiger partial charge < -0.3 is 4.74 Å². The van der Waals surface area contributed by atoms with Crippen LogP contribution in [0.1, 0.15) is 0 Å². The van der Waals surface area contributed by atoms with Crippen LogP contribution in [0, 0.1) is 5.82 Å². The Bertz CT molecular complexity index is 729. The number of methoxy groups -OCH3 is 1. The van der Waals surface area contributed by atoms with Gasteiger partial charge >= 0.3 is 5.97 Å². The molecule has 0 fully saturated rings. The van der Waals surface area contributed by atoms with Gasteiger partial charge in [0.25, 0.3) is 0 Å². The molecule has 0 aliphatic carbocycles. The second kappa shape index (κ2) is 5.73. The van der Waals surface area contributed by atoms with Gasteiger partial charge in [0.05, 0.1) is 12.8 Å². The number of nitrogens with one attached hydrogen (secondary N) is 1. The molecule has 3 N–H and O–H groups in total. The summed E-state index contributed by atoms with van der Waals surface area (Å²) < 4.78 is 64.7. The van der Waals surface area contributed by atoms with Crippen LogP contribution in [0.5, 0.6) is 0 Å². The van der Waals surface area contributed by atoms with Crippen molar-refractivity contribution in [2.24, 2.45) is 5.14 Å². The van der Waals surface area contributed by atoms with Crippen molar-refractivity contribution in [3.63, 3.8) is 0 Å². The molecule has 0 aliphatic heterocycles. The van der Waals surface area contributed by atoms with Crippen LogP contribution < -0.4 is 9.86 Å². The fourth-order valence-corrected chi connectivity index (χ4v) is 2.99. The first-order chi connectivity index (χ1) is 9.05. The summed E-state index contributed by atoms with van der Waals surface area (Å²) in [5.74, 6) is -3.00. The van der Waals surface area contributed by atoms with Gasteiger partial charge in [-0.05, 0) is 18.2 Å². The van der Waals surface area contributed by atoms with Gasteiger partial charge in [-0.15, -0.1) is 0 Å². The van der Waals surface area contributed by atoms with Gasteiger partial charge in [-0.3, -0.25) is 9.52 Å². The minimum atomic E-state index is -4.27. The van der Waals surface area contributed by atoms with E-state index >= 15 is 0 Å². The van der Waals surface area contributed by atoms with Gasteiger partial charge in [0.1, 0.15) is 10.7 Å². The molecular weight excluding hydrogens is 315 g/mol. The molecule has 0 heterocycles. The quantitative estimate of drug-likeness (QED) is 0.693. The summed E-state index contributed by atoms with van der Waals surface area (Å²) in [6.45, 7) is 0. The molecule has 0 aliphatic rings. The highest BCUT2D eigenvalue weighted by molar-refractivity contribution is 7.93. The Hall–Kier alpha value is -1.72. The molecule has 0 saturated heterocycles. The van der Waals surface area contributed by atoms with Crippen molar-refractivity contribution >= 4 is 31.7 Å². The molecule has 1 aromatic rings. The van der Waals surface area contributed by atoms with Crippen LogP contribution in [0.15, 0.2) is 23.1 Å². The summed E-state index contributed by atoms with van der Waals surface area (Å²) in [4.78, 5) is 10.3. The number of esters is 1. The van der Waals surface area contributed by atoms with E-state index in [1.165, 1.54) is 0 Å². The number of benzene rings is 1. The molecule has 0 amide bonds. The molecule has 0 radical (unpaired) electrons. The van der Waals surface area contributed by atoms with E-state index in [-0.39, 0.29) is 0 Å². The first-order valence-corrected chi connectivity index (χ1v) is 8.14. The zero-order chi connectivity index (χ0) is 15.6. The zero-order valence-corrected chi connectivity index (χ0v) is 11.8. The lowest BCUT2D eigenvalue weighted by Crippen LogP contribution is -2.25. The molecule has 0 unspecified atom stereocenters. The van der Waals surface area contributed by atoms with Crippen molar-refractivity contribution in [3.05, 3.63) is 24.0 Å². The van der Waals surface area contributed by atoms with Crippen LogP contribution in [0.4, 0.5) is 10.1 Å². The molecule has 11 heteroatoms. The fourth-order valence-electron chi connectivity index (χ4n) is 1.25. The van der Waals surface area contributed by atoms with Crippen LogP contribution in [0.25, 0.3) is 0 Å². The Morgan fingerprint density at radius 2 is 1.95 bits per heavy atom. The lowest BCUT2D eigenvalue weighted by atomic mass is 10.3. The molecule has 112 valence electrons. The third kappa shape index (κ3) is 4.43. The summed E-state index contributed by atoms with van der Waals surface area (Å²) in [6.07, 6.45) is 0. The van der Waals surface area contributed by atoms with Crippen LogP contribution in [0.2, 0.25) is 0 Å². The highest BCUT2D eigenvalue weighted by Gasteiger charge is 2.22. The number of sulfonamides is 2. The molecule has 0 atom stereocenters. The van der Waals surface area contributed by atoms with E-state index in [2.05, 4.69) is 4.74 Å². The SMILES string of the molecule is COC(=O)CS(=O)(=O)Nc1cc(F)ccc1S(N)(=O)=O. The van der Waals surface area contributed by atoms with Gasteiger partial charge in [0.15, 0.2) is 5.75 Å². The number of carbonyl (C=O) groups is 1. The number of ether oxygens (including phenoxy) is 1. The molecule has 1 aromatic carbocycles. The Morgan fingerprint density at radius 1 is 1.35 bits per heavy atom. The molecule has 20 heavy (non-hydrogen) atoms. The van der Waals surface area contributed by atoms with E-state index in [0.717, 1.165) is 19.2 Å². The number of nitrogens with two attached hydrogens (primary N) is 1. The second-order valence-corrected chi connectivity index (χ2v) is 6.87. The fraction of sp³-hybridized carbons (Fsp3) is 0.222. The van der Waals surface area contributed by atoms with E-state index in [4.69, 9.17) is 5.14 Å². The van der Waals surface area contributed by atoms with Crippen molar-refractivity contribution in [3.8, 4) is 0 Å². The third-order valence-corrected chi connectivity index (χ3v) is 4.16. The smallest absolute Gasteiger partial charge is 0.322 e. The Balaban J connectivity index is 3.21. The van der Waals surface area contributed by atoms with E-state index in [1.807, 2.05) is 0 Å². The van der Waals surface area contributed by atoms with Gasteiger partial charge in [-0.1, -0.05) is 0 Å². The van der Waals surface area contributed by atoms with Crippen LogP contribution in [-0.2, 0) is 29.6 Å². The Labute approximate surface area is 114 Å². The van der Waals surface area contributed by atoms with E-state index < -0.39 is 48.2 Å². The highest BCUT2D eigenvalue weighted by Crippen LogP contribution is 2.22. The molecule has 0 bridgehead atoms. The lowest BCUT2D eigenvalue weighted by molar-refractivity contribution is -0.137. The normalized spacial score (nSPS) is 11.9. The second-order valence-electron chi connectivity index (χ2n) is 3.62. The molecule has 0 spiro atoms. The van der Waals surface area contributed by atoms with E-state index in [9.17, 15) is 26.0 Å². The van der Waals surface area contributed by atoms with Crippen LogP contribution in [-0.4, -0.2) is 35.7 Å². The van der Waals surface area contributed by atoms with Gasteiger partial charge in [-0.2, -0.15) is 0 Å². The maximum atomic E-state index is 13.1. The van der Waals surface area contributed by atoms with Gasteiger partial charge in [0, 0.05) is 0 Å². The van der Waals surface area contributed by atoms with E-state index in [1.54, 1.807) is 4.72 Å². The molecule has 0 aromatic heterocycles. The monoisotopic (exact) mass is 326 g/mol. The number of hydrogen-bond donors (Lipinski definition) is 2. The minimum Gasteiger partial charge on any atom is -0.468 e. The third-order valence-electron chi connectivity index (χ3n) is 2.05. The van der Waals surface area contributed by atoms with Crippen molar-refractivity contribution in [1.82, 2.24) is 0 Å². The number of carbonyl (C=O) groups excluding carboxylic acids is 1. The van der Waals surface area contributed by atoms with Crippen molar-refractivity contribution in [2.75, 3.05) is 17.6 Å². The molecule has 0 saturated carbocycles. The number of rotatable bonds is 5.